The molecule has 0 radical (unpaired) electrons. The zero-order valence-corrected chi connectivity index (χ0v) is 18.2. The molecule has 1 aliphatic carbocycles. The Balaban J connectivity index is 1.88. The second kappa shape index (κ2) is 11.4. The molecular formula is C22H32N2O6. The number of imide groups is 1. The van der Waals surface area contributed by atoms with E-state index in [1.165, 1.54) is 20.1 Å². The topological polar surface area (TPSA) is 103 Å². The van der Waals surface area contributed by atoms with Crippen molar-refractivity contribution in [2.24, 2.45) is 5.92 Å². The molecule has 8 heteroatoms. The molecule has 0 saturated heterocycles. The molecule has 0 spiro atoms. The summed E-state index contributed by atoms with van der Waals surface area (Å²) in [4.78, 5) is 36.5. The molecule has 0 heterocycles. The normalized spacial score (nSPS) is 14.8. The van der Waals surface area contributed by atoms with Crippen LogP contribution in [0.25, 0.3) is 0 Å². The first kappa shape index (κ1) is 23.5. The number of methoxy groups -OCH3 is 1. The van der Waals surface area contributed by atoms with Crippen LogP contribution in [0, 0.1) is 5.92 Å². The summed E-state index contributed by atoms with van der Waals surface area (Å²) in [7, 11) is 1.48. The molecule has 1 fully saturated rings. The lowest BCUT2D eigenvalue weighted by atomic mass is 10.1. The van der Waals surface area contributed by atoms with Crippen molar-refractivity contribution in [3.63, 3.8) is 0 Å². The Morgan fingerprint density at radius 2 is 1.80 bits per heavy atom. The lowest BCUT2D eigenvalue weighted by Gasteiger charge is -2.16. The Labute approximate surface area is 177 Å². The van der Waals surface area contributed by atoms with E-state index in [1.807, 2.05) is 0 Å². The minimum Gasteiger partial charge on any atom is -0.493 e. The molecule has 8 nitrogen and oxygen atoms in total. The maximum absolute atomic E-state index is 12.4. The van der Waals surface area contributed by atoms with Crippen LogP contribution in [0.1, 0.15) is 63.2 Å². The van der Waals surface area contributed by atoms with Crippen LogP contribution in [0.3, 0.4) is 0 Å². The van der Waals surface area contributed by atoms with Crippen molar-refractivity contribution in [1.29, 1.82) is 0 Å². The van der Waals surface area contributed by atoms with E-state index in [0.717, 1.165) is 32.1 Å². The van der Waals surface area contributed by atoms with Gasteiger partial charge in [0, 0.05) is 6.04 Å². The molecule has 1 atom stereocenters. The molecule has 0 aliphatic heterocycles. The summed E-state index contributed by atoms with van der Waals surface area (Å²) in [5.74, 6) is 0.0729. The van der Waals surface area contributed by atoms with E-state index < -0.39 is 24.0 Å². The molecule has 1 unspecified atom stereocenters. The average molecular weight is 421 g/mol. The maximum Gasteiger partial charge on any atom is 0.339 e. The molecule has 1 aromatic carbocycles. The molecule has 0 bridgehead atoms. The van der Waals surface area contributed by atoms with Gasteiger partial charge < -0.3 is 19.5 Å². The van der Waals surface area contributed by atoms with E-state index in [1.54, 1.807) is 12.1 Å². The molecule has 1 saturated carbocycles. The third-order valence-electron chi connectivity index (χ3n) is 4.93. The summed E-state index contributed by atoms with van der Waals surface area (Å²) >= 11 is 0. The van der Waals surface area contributed by atoms with Crippen LogP contribution in [0.4, 0.5) is 4.79 Å². The van der Waals surface area contributed by atoms with Gasteiger partial charge in [-0.25, -0.2) is 9.59 Å². The van der Waals surface area contributed by atoms with Crippen molar-refractivity contribution in [2.75, 3.05) is 13.7 Å². The number of benzene rings is 1. The SMILES string of the molecule is COc1cc(C(=O)OC(C)C(=O)NC(=O)NC2CCCC2)ccc1OCCC(C)C. The third kappa shape index (κ3) is 7.24. The average Bonchev–Trinajstić information content (AvgIpc) is 3.20. The number of carbonyl (C=O) groups is 3. The fourth-order valence-electron chi connectivity index (χ4n) is 3.11. The number of ether oxygens (including phenoxy) is 3. The summed E-state index contributed by atoms with van der Waals surface area (Å²) in [6, 6.07) is 4.20. The van der Waals surface area contributed by atoms with E-state index in [-0.39, 0.29) is 11.6 Å². The molecule has 0 aromatic heterocycles. The number of urea groups is 1. The lowest BCUT2D eigenvalue weighted by Crippen LogP contribution is -2.47. The largest absolute Gasteiger partial charge is 0.493 e. The van der Waals surface area contributed by atoms with Gasteiger partial charge in [-0.05, 0) is 50.3 Å². The fourth-order valence-corrected chi connectivity index (χ4v) is 3.11. The molecule has 2 N–H and O–H groups in total. The summed E-state index contributed by atoms with van der Waals surface area (Å²) in [6.07, 6.45) is 3.72. The molecule has 1 aliphatic rings. The lowest BCUT2D eigenvalue weighted by molar-refractivity contribution is -0.127. The van der Waals surface area contributed by atoms with Crippen LogP contribution in [-0.4, -0.2) is 43.8 Å². The Kier molecular flexibility index (Phi) is 8.95. The maximum atomic E-state index is 12.4. The van der Waals surface area contributed by atoms with Crippen molar-refractivity contribution >= 4 is 17.9 Å². The highest BCUT2D eigenvalue weighted by Crippen LogP contribution is 2.29. The molecule has 3 amide bonds. The molecule has 166 valence electrons. The van der Waals surface area contributed by atoms with Gasteiger partial charge in [-0.2, -0.15) is 0 Å². The van der Waals surface area contributed by atoms with Gasteiger partial charge in [0.2, 0.25) is 0 Å². The standard InChI is InChI=1S/C22H32N2O6/c1-14(2)11-12-29-18-10-9-16(13-19(18)28-4)21(26)30-15(3)20(25)24-22(27)23-17-7-5-6-8-17/h9-10,13-15,17H,5-8,11-12H2,1-4H3,(H2,23,24,25,27). The van der Waals surface area contributed by atoms with Crippen molar-refractivity contribution in [3.8, 4) is 11.5 Å². The Bertz CT molecular complexity index is 743. The van der Waals surface area contributed by atoms with Gasteiger partial charge >= 0.3 is 12.0 Å². The number of nitrogens with one attached hydrogen (secondary N) is 2. The Morgan fingerprint density at radius 1 is 1.10 bits per heavy atom. The second-order valence-electron chi connectivity index (χ2n) is 7.89. The van der Waals surface area contributed by atoms with Crippen molar-refractivity contribution < 1.29 is 28.6 Å². The molecule has 2 rings (SSSR count). The molecule has 30 heavy (non-hydrogen) atoms. The highest BCUT2D eigenvalue weighted by molar-refractivity contribution is 5.98. The van der Waals surface area contributed by atoms with Gasteiger partial charge in [0.1, 0.15) is 0 Å². The van der Waals surface area contributed by atoms with Gasteiger partial charge in [0.15, 0.2) is 17.6 Å². The number of amides is 3. The first-order valence-electron chi connectivity index (χ1n) is 10.4. The zero-order valence-electron chi connectivity index (χ0n) is 18.2. The summed E-state index contributed by atoms with van der Waals surface area (Å²) in [5.41, 5.74) is 0.220. The predicted octanol–water partition coefficient (Wildman–Crippen LogP) is 3.43. The number of esters is 1. The molecular weight excluding hydrogens is 388 g/mol. The number of hydrogen-bond acceptors (Lipinski definition) is 6. The van der Waals surface area contributed by atoms with E-state index >= 15 is 0 Å². The van der Waals surface area contributed by atoms with Gasteiger partial charge in [0.25, 0.3) is 5.91 Å². The first-order valence-corrected chi connectivity index (χ1v) is 10.4. The van der Waals surface area contributed by atoms with Gasteiger partial charge in [-0.3, -0.25) is 10.1 Å². The number of rotatable bonds is 9. The van der Waals surface area contributed by atoms with E-state index in [4.69, 9.17) is 14.2 Å². The smallest absolute Gasteiger partial charge is 0.339 e. The van der Waals surface area contributed by atoms with Crippen LogP contribution in [-0.2, 0) is 9.53 Å². The van der Waals surface area contributed by atoms with E-state index in [9.17, 15) is 14.4 Å². The fraction of sp³-hybridized carbons (Fsp3) is 0.591. The number of carbonyl (C=O) groups excluding carboxylic acids is 3. The zero-order chi connectivity index (χ0) is 22.1. The Hall–Kier alpha value is -2.77. The first-order chi connectivity index (χ1) is 14.3. The summed E-state index contributed by atoms with van der Waals surface area (Å²) in [6.45, 7) is 6.17. The van der Waals surface area contributed by atoms with Gasteiger partial charge in [-0.15, -0.1) is 0 Å². The van der Waals surface area contributed by atoms with Crippen LogP contribution < -0.4 is 20.1 Å². The van der Waals surface area contributed by atoms with Crippen molar-refractivity contribution in [2.45, 2.75) is 65.0 Å². The predicted molar refractivity (Wildman–Crippen MR) is 112 cm³/mol. The minimum atomic E-state index is -1.13. The minimum absolute atomic E-state index is 0.0874. The van der Waals surface area contributed by atoms with Crippen molar-refractivity contribution in [1.82, 2.24) is 10.6 Å². The Morgan fingerprint density at radius 3 is 2.43 bits per heavy atom. The summed E-state index contributed by atoms with van der Waals surface area (Å²) in [5, 5.41) is 4.97. The van der Waals surface area contributed by atoms with Crippen LogP contribution in [0.2, 0.25) is 0 Å². The van der Waals surface area contributed by atoms with Crippen LogP contribution in [0.5, 0.6) is 11.5 Å². The highest BCUT2D eigenvalue weighted by atomic mass is 16.5. The number of hydrogen-bond donors (Lipinski definition) is 2. The van der Waals surface area contributed by atoms with Gasteiger partial charge in [-0.1, -0.05) is 26.7 Å². The monoisotopic (exact) mass is 420 g/mol. The van der Waals surface area contributed by atoms with Crippen LogP contribution in [0.15, 0.2) is 18.2 Å². The van der Waals surface area contributed by atoms with E-state index in [2.05, 4.69) is 24.5 Å². The highest BCUT2D eigenvalue weighted by Gasteiger charge is 2.23. The molecule has 1 aromatic rings. The van der Waals surface area contributed by atoms with Gasteiger partial charge in [0.05, 0.1) is 19.3 Å². The van der Waals surface area contributed by atoms with Crippen LogP contribution >= 0.6 is 0 Å². The van der Waals surface area contributed by atoms with E-state index in [0.29, 0.717) is 24.0 Å². The van der Waals surface area contributed by atoms with Crippen molar-refractivity contribution in [3.05, 3.63) is 23.8 Å². The second-order valence-corrected chi connectivity index (χ2v) is 7.89. The quantitative estimate of drug-likeness (QED) is 0.593. The third-order valence-corrected chi connectivity index (χ3v) is 4.93. The summed E-state index contributed by atoms with van der Waals surface area (Å²) < 4.78 is 16.2.